The molecule has 0 saturated carbocycles. The van der Waals surface area contributed by atoms with Crippen LogP contribution in [-0.2, 0) is 9.53 Å². The van der Waals surface area contributed by atoms with Gasteiger partial charge in [0.05, 0.1) is 5.56 Å². The fourth-order valence-corrected chi connectivity index (χ4v) is 2.57. The lowest BCUT2D eigenvalue weighted by molar-refractivity contribution is -0.114. The standard InChI is InChI=1S/C18H14F3NO4S/c1-11(23)22-14-6-2-12(3-7-14)16(24)10-26-17(25)13-4-8-15(9-5-13)27-18(19,20)21/h2-9H,10H2,1H3,(H,22,23). The van der Waals surface area contributed by atoms with Gasteiger partial charge in [-0.15, -0.1) is 0 Å². The monoisotopic (exact) mass is 397 g/mol. The zero-order valence-electron chi connectivity index (χ0n) is 14.0. The third-order valence-electron chi connectivity index (χ3n) is 3.19. The van der Waals surface area contributed by atoms with Crippen LogP contribution in [0.1, 0.15) is 27.6 Å². The Morgan fingerprint density at radius 1 is 0.963 bits per heavy atom. The molecule has 142 valence electrons. The molecular formula is C18H14F3NO4S. The largest absolute Gasteiger partial charge is 0.454 e. The fraction of sp³-hybridized carbons (Fsp3) is 0.167. The number of ether oxygens (including phenoxy) is 1. The van der Waals surface area contributed by atoms with Gasteiger partial charge in [-0.05, 0) is 60.3 Å². The predicted molar refractivity (Wildman–Crippen MR) is 93.7 cm³/mol. The van der Waals surface area contributed by atoms with Crippen LogP contribution < -0.4 is 5.32 Å². The lowest BCUT2D eigenvalue weighted by Crippen LogP contribution is -2.14. The molecule has 0 spiro atoms. The van der Waals surface area contributed by atoms with E-state index in [-0.39, 0.29) is 33.7 Å². The van der Waals surface area contributed by atoms with Crippen molar-refractivity contribution < 1.29 is 32.3 Å². The normalized spacial score (nSPS) is 11.0. The molecule has 0 aromatic heterocycles. The lowest BCUT2D eigenvalue weighted by atomic mass is 10.1. The summed E-state index contributed by atoms with van der Waals surface area (Å²) >= 11 is -0.291. The van der Waals surface area contributed by atoms with E-state index in [1.54, 1.807) is 0 Å². The minimum atomic E-state index is -4.41. The second-order valence-electron chi connectivity index (χ2n) is 5.33. The Morgan fingerprint density at radius 3 is 2.04 bits per heavy atom. The number of esters is 1. The van der Waals surface area contributed by atoms with Gasteiger partial charge in [-0.1, -0.05) is 0 Å². The molecule has 2 aromatic rings. The number of Topliss-reactive ketones (excluding diaryl/α,β-unsaturated/α-hetero) is 1. The van der Waals surface area contributed by atoms with Crippen LogP contribution in [0.3, 0.4) is 0 Å². The predicted octanol–water partition coefficient (Wildman–Crippen LogP) is 4.30. The Morgan fingerprint density at radius 2 is 1.52 bits per heavy atom. The van der Waals surface area contributed by atoms with E-state index in [0.717, 1.165) is 12.1 Å². The van der Waals surface area contributed by atoms with Crippen molar-refractivity contribution in [1.82, 2.24) is 0 Å². The van der Waals surface area contributed by atoms with Gasteiger partial charge < -0.3 is 10.1 Å². The van der Waals surface area contributed by atoms with Gasteiger partial charge in [-0.25, -0.2) is 4.79 Å². The first-order valence-corrected chi connectivity index (χ1v) is 8.39. The molecule has 5 nitrogen and oxygen atoms in total. The van der Waals surface area contributed by atoms with Crippen molar-refractivity contribution in [3.05, 3.63) is 59.7 Å². The smallest absolute Gasteiger partial charge is 0.446 e. The fourth-order valence-electron chi connectivity index (χ4n) is 2.03. The molecule has 1 N–H and O–H groups in total. The van der Waals surface area contributed by atoms with Crippen LogP contribution in [0.25, 0.3) is 0 Å². The first-order valence-electron chi connectivity index (χ1n) is 7.58. The van der Waals surface area contributed by atoms with Crippen molar-refractivity contribution in [2.24, 2.45) is 0 Å². The van der Waals surface area contributed by atoms with Crippen molar-refractivity contribution in [2.45, 2.75) is 17.3 Å². The first kappa shape index (κ1) is 20.5. The number of hydrogen-bond donors (Lipinski definition) is 1. The number of nitrogens with one attached hydrogen (secondary N) is 1. The molecule has 0 bridgehead atoms. The maximum absolute atomic E-state index is 12.3. The van der Waals surface area contributed by atoms with Gasteiger partial charge in [-0.2, -0.15) is 13.2 Å². The summed E-state index contributed by atoms with van der Waals surface area (Å²) in [5.41, 5.74) is -3.57. The van der Waals surface area contributed by atoms with Crippen LogP contribution >= 0.6 is 11.8 Å². The Bertz CT molecular complexity index is 833. The van der Waals surface area contributed by atoms with Gasteiger partial charge in [0.25, 0.3) is 0 Å². The molecule has 2 aromatic carbocycles. The summed E-state index contributed by atoms with van der Waals surface area (Å²) in [7, 11) is 0. The minimum absolute atomic E-state index is 0.0373. The molecule has 0 heterocycles. The van der Waals surface area contributed by atoms with Crippen molar-refractivity contribution >= 4 is 35.1 Å². The Hall–Kier alpha value is -2.81. The van der Waals surface area contributed by atoms with Gasteiger partial charge in [-0.3, -0.25) is 9.59 Å². The number of anilines is 1. The van der Waals surface area contributed by atoms with Gasteiger partial charge in [0.15, 0.2) is 12.4 Å². The molecule has 9 heteroatoms. The minimum Gasteiger partial charge on any atom is -0.454 e. The summed E-state index contributed by atoms with van der Waals surface area (Å²) in [6.45, 7) is 0.838. The topological polar surface area (TPSA) is 72.5 Å². The molecule has 0 radical (unpaired) electrons. The van der Waals surface area contributed by atoms with Crippen molar-refractivity contribution in [2.75, 3.05) is 11.9 Å². The molecule has 27 heavy (non-hydrogen) atoms. The quantitative estimate of drug-likeness (QED) is 0.447. The summed E-state index contributed by atoms with van der Waals surface area (Å²) in [5, 5.41) is 2.55. The van der Waals surface area contributed by atoms with E-state index in [0.29, 0.717) is 5.69 Å². The highest BCUT2D eigenvalue weighted by molar-refractivity contribution is 8.00. The van der Waals surface area contributed by atoms with E-state index < -0.39 is 23.9 Å². The molecule has 0 unspecified atom stereocenters. The maximum atomic E-state index is 12.3. The van der Waals surface area contributed by atoms with E-state index >= 15 is 0 Å². The summed E-state index contributed by atoms with van der Waals surface area (Å²) in [5.74, 6) is -1.52. The second-order valence-corrected chi connectivity index (χ2v) is 6.47. The van der Waals surface area contributed by atoms with Gasteiger partial charge in [0.2, 0.25) is 5.91 Å². The number of amides is 1. The van der Waals surface area contributed by atoms with Crippen LogP contribution in [-0.4, -0.2) is 29.8 Å². The molecular weight excluding hydrogens is 383 g/mol. The SMILES string of the molecule is CC(=O)Nc1ccc(C(=O)COC(=O)c2ccc(SC(F)(F)F)cc2)cc1. The molecule has 0 aliphatic rings. The second kappa shape index (κ2) is 8.72. The van der Waals surface area contributed by atoms with Gasteiger partial charge >= 0.3 is 11.5 Å². The zero-order valence-corrected chi connectivity index (χ0v) is 14.8. The van der Waals surface area contributed by atoms with Crippen LogP contribution in [0.5, 0.6) is 0 Å². The van der Waals surface area contributed by atoms with Crippen molar-refractivity contribution in [3.8, 4) is 0 Å². The van der Waals surface area contributed by atoms with Gasteiger partial charge in [0, 0.05) is 23.1 Å². The zero-order chi connectivity index (χ0) is 20.0. The highest BCUT2D eigenvalue weighted by atomic mass is 32.2. The molecule has 0 aliphatic heterocycles. The molecule has 1 amide bonds. The lowest BCUT2D eigenvalue weighted by Gasteiger charge is -2.07. The molecule has 2 rings (SSSR count). The van der Waals surface area contributed by atoms with Crippen LogP contribution in [0.15, 0.2) is 53.4 Å². The number of carbonyl (C=O) groups excluding carboxylic acids is 3. The first-order chi connectivity index (χ1) is 12.6. The summed E-state index contributed by atoms with van der Waals surface area (Å²) in [4.78, 5) is 34.8. The number of benzene rings is 2. The third kappa shape index (κ3) is 6.78. The van der Waals surface area contributed by atoms with E-state index in [1.165, 1.54) is 43.3 Å². The number of rotatable bonds is 6. The number of carbonyl (C=O) groups is 3. The van der Waals surface area contributed by atoms with E-state index in [2.05, 4.69) is 5.32 Å². The highest BCUT2D eigenvalue weighted by Gasteiger charge is 2.29. The average molecular weight is 397 g/mol. The Labute approximate surface area is 156 Å². The van der Waals surface area contributed by atoms with E-state index in [1.807, 2.05) is 0 Å². The third-order valence-corrected chi connectivity index (χ3v) is 3.92. The van der Waals surface area contributed by atoms with Gasteiger partial charge in [0.1, 0.15) is 0 Å². The number of ketones is 1. The molecule has 0 fully saturated rings. The van der Waals surface area contributed by atoms with Crippen LogP contribution in [0, 0.1) is 0 Å². The van der Waals surface area contributed by atoms with Crippen LogP contribution in [0.4, 0.5) is 18.9 Å². The number of hydrogen-bond acceptors (Lipinski definition) is 5. The molecule has 0 saturated heterocycles. The van der Waals surface area contributed by atoms with Crippen LogP contribution in [0.2, 0.25) is 0 Å². The summed E-state index contributed by atoms with van der Waals surface area (Å²) in [6.07, 6.45) is 0. The van der Waals surface area contributed by atoms with E-state index in [9.17, 15) is 27.6 Å². The molecule has 0 aliphatic carbocycles. The number of halogens is 3. The van der Waals surface area contributed by atoms with E-state index in [4.69, 9.17) is 4.74 Å². The highest BCUT2D eigenvalue weighted by Crippen LogP contribution is 2.36. The molecule has 0 atom stereocenters. The summed E-state index contributed by atoms with van der Waals surface area (Å²) in [6, 6.07) is 10.7. The number of thioether (sulfide) groups is 1. The number of alkyl halides is 3. The Balaban J connectivity index is 1.90. The van der Waals surface area contributed by atoms with Crippen molar-refractivity contribution in [1.29, 1.82) is 0 Å². The average Bonchev–Trinajstić information content (AvgIpc) is 2.59. The Kier molecular flexibility index (Phi) is 6.62. The summed E-state index contributed by atoms with van der Waals surface area (Å²) < 4.78 is 41.7. The van der Waals surface area contributed by atoms with Crippen molar-refractivity contribution in [3.63, 3.8) is 0 Å². The maximum Gasteiger partial charge on any atom is 0.446 e.